The Hall–Kier alpha value is -4.04. The molecule has 4 aromatic rings. The van der Waals surface area contributed by atoms with Gasteiger partial charge in [-0.25, -0.2) is 9.67 Å². The van der Waals surface area contributed by atoms with E-state index < -0.39 is 6.04 Å². The summed E-state index contributed by atoms with van der Waals surface area (Å²) >= 11 is 5.80. The molecule has 1 aliphatic rings. The van der Waals surface area contributed by atoms with Crippen LogP contribution in [0, 0.1) is 0 Å². The molecule has 4 heterocycles. The van der Waals surface area contributed by atoms with E-state index in [1.165, 1.54) is 10.9 Å². The predicted molar refractivity (Wildman–Crippen MR) is 119 cm³/mol. The van der Waals surface area contributed by atoms with Crippen molar-refractivity contribution in [3.63, 3.8) is 0 Å². The highest BCUT2D eigenvalue weighted by molar-refractivity contribution is 6.29. The Balaban J connectivity index is 1.54. The number of nitrogens with one attached hydrogen (secondary N) is 2. The van der Waals surface area contributed by atoms with Crippen LogP contribution in [0.4, 0.5) is 5.69 Å². The van der Waals surface area contributed by atoms with Gasteiger partial charge in [0.2, 0.25) is 5.91 Å². The number of carbonyl (C=O) groups is 2. The highest BCUT2D eigenvalue weighted by Crippen LogP contribution is 2.38. The summed E-state index contributed by atoms with van der Waals surface area (Å²) in [4.78, 5) is 33.8. The molecule has 0 saturated heterocycles. The molecule has 9 heteroatoms. The van der Waals surface area contributed by atoms with Crippen molar-refractivity contribution in [2.45, 2.75) is 12.6 Å². The Labute approximate surface area is 188 Å². The van der Waals surface area contributed by atoms with Gasteiger partial charge in [0.15, 0.2) is 0 Å². The second kappa shape index (κ2) is 8.24. The van der Waals surface area contributed by atoms with Crippen molar-refractivity contribution in [3.05, 3.63) is 95.2 Å². The molecule has 0 aliphatic carbocycles. The van der Waals surface area contributed by atoms with Gasteiger partial charge in [-0.05, 0) is 23.8 Å². The average Bonchev–Trinajstić information content (AvgIpc) is 3.35. The van der Waals surface area contributed by atoms with Crippen LogP contribution >= 0.6 is 11.6 Å². The number of halogens is 1. The minimum absolute atomic E-state index is 0.134. The molecule has 0 fully saturated rings. The lowest BCUT2D eigenvalue weighted by molar-refractivity contribution is -0.116. The summed E-state index contributed by atoms with van der Waals surface area (Å²) in [5.41, 5.74) is 3.94. The van der Waals surface area contributed by atoms with Crippen LogP contribution in [0.1, 0.15) is 27.7 Å². The van der Waals surface area contributed by atoms with Gasteiger partial charge in [-0.15, -0.1) is 0 Å². The number of benzene rings is 1. The SMILES string of the molecule is O=C(Cn1nc(-c2ccccc2)c2c1C(=O)NC2c1cccnc1)Nc1ccc(Cl)nc1. The Kier molecular flexibility index (Phi) is 5.12. The Bertz CT molecular complexity index is 1290. The minimum Gasteiger partial charge on any atom is -0.340 e. The lowest BCUT2D eigenvalue weighted by Gasteiger charge is -2.12. The molecule has 0 bridgehead atoms. The zero-order chi connectivity index (χ0) is 22.1. The molecule has 1 unspecified atom stereocenters. The Morgan fingerprint density at radius 1 is 1.09 bits per heavy atom. The van der Waals surface area contributed by atoms with Crippen LogP contribution in [-0.4, -0.2) is 31.6 Å². The Morgan fingerprint density at radius 3 is 2.66 bits per heavy atom. The van der Waals surface area contributed by atoms with Crippen molar-refractivity contribution in [1.82, 2.24) is 25.1 Å². The van der Waals surface area contributed by atoms with Crippen LogP contribution in [-0.2, 0) is 11.3 Å². The number of pyridine rings is 2. The number of carbonyl (C=O) groups excluding carboxylic acids is 2. The van der Waals surface area contributed by atoms with E-state index in [9.17, 15) is 9.59 Å². The molecule has 158 valence electrons. The topological polar surface area (TPSA) is 102 Å². The lowest BCUT2D eigenvalue weighted by atomic mass is 9.98. The van der Waals surface area contributed by atoms with Crippen LogP contribution in [0.15, 0.2) is 73.2 Å². The zero-order valence-corrected chi connectivity index (χ0v) is 17.5. The van der Waals surface area contributed by atoms with E-state index in [1.54, 1.807) is 24.5 Å². The number of rotatable bonds is 5. The molecule has 32 heavy (non-hydrogen) atoms. The quantitative estimate of drug-likeness (QED) is 0.459. The molecule has 1 aliphatic heterocycles. The van der Waals surface area contributed by atoms with E-state index in [-0.39, 0.29) is 18.4 Å². The van der Waals surface area contributed by atoms with Gasteiger partial charge in [0.25, 0.3) is 5.91 Å². The van der Waals surface area contributed by atoms with Crippen molar-refractivity contribution in [2.75, 3.05) is 5.32 Å². The number of amides is 2. The van der Waals surface area contributed by atoms with E-state index in [0.717, 1.165) is 16.7 Å². The summed E-state index contributed by atoms with van der Waals surface area (Å²) < 4.78 is 1.45. The number of nitrogens with zero attached hydrogens (tertiary/aromatic N) is 4. The molecule has 0 saturated carbocycles. The third-order valence-electron chi connectivity index (χ3n) is 5.14. The summed E-state index contributed by atoms with van der Waals surface area (Å²) in [6.45, 7) is -0.134. The summed E-state index contributed by atoms with van der Waals surface area (Å²) in [6, 6.07) is 16.1. The van der Waals surface area contributed by atoms with E-state index in [2.05, 4.69) is 25.7 Å². The van der Waals surface area contributed by atoms with Gasteiger partial charge >= 0.3 is 0 Å². The van der Waals surface area contributed by atoms with Crippen molar-refractivity contribution in [1.29, 1.82) is 0 Å². The zero-order valence-electron chi connectivity index (χ0n) is 16.7. The van der Waals surface area contributed by atoms with Crippen molar-refractivity contribution in [2.24, 2.45) is 0 Å². The van der Waals surface area contributed by atoms with Gasteiger partial charge in [-0.3, -0.25) is 14.6 Å². The van der Waals surface area contributed by atoms with Gasteiger partial charge in [0, 0.05) is 23.5 Å². The molecular formula is C23H17ClN6O2. The monoisotopic (exact) mass is 444 g/mol. The second-order valence-corrected chi connectivity index (χ2v) is 7.63. The first-order chi connectivity index (χ1) is 15.6. The van der Waals surface area contributed by atoms with Crippen LogP contribution < -0.4 is 10.6 Å². The molecule has 2 amide bonds. The van der Waals surface area contributed by atoms with E-state index in [0.29, 0.717) is 22.2 Å². The minimum atomic E-state index is -0.404. The first-order valence-electron chi connectivity index (χ1n) is 9.88. The fourth-order valence-electron chi connectivity index (χ4n) is 3.77. The van der Waals surface area contributed by atoms with Gasteiger partial charge in [0.1, 0.15) is 17.4 Å². The highest BCUT2D eigenvalue weighted by Gasteiger charge is 2.38. The fraction of sp³-hybridized carbons (Fsp3) is 0.0870. The van der Waals surface area contributed by atoms with Crippen LogP contribution in [0.2, 0.25) is 5.15 Å². The van der Waals surface area contributed by atoms with E-state index >= 15 is 0 Å². The second-order valence-electron chi connectivity index (χ2n) is 7.25. The number of anilines is 1. The van der Waals surface area contributed by atoms with Crippen LogP contribution in [0.3, 0.4) is 0 Å². The largest absolute Gasteiger partial charge is 0.340 e. The van der Waals surface area contributed by atoms with Gasteiger partial charge in [-0.2, -0.15) is 5.10 Å². The normalized spacial score (nSPS) is 14.7. The predicted octanol–water partition coefficient (Wildman–Crippen LogP) is 3.47. The van der Waals surface area contributed by atoms with Crippen molar-refractivity contribution < 1.29 is 9.59 Å². The van der Waals surface area contributed by atoms with Crippen LogP contribution in [0.25, 0.3) is 11.3 Å². The lowest BCUT2D eigenvalue weighted by Crippen LogP contribution is -2.26. The van der Waals surface area contributed by atoms with Gasteiger partial charge < -0.3 is 10.6 Å². The molecular weight excluding hydrogens is 428 g/mol. The first-order valence-corrected chi connectivity index (χ1v) is 10.3. The standard InChI is InChI=1S/C23H17ClN6O2/c24-17-9-8-16(12-26-17)27-18(31)13-30-22-19(21(29-30)14-5-2-1-3-6-14)20(28-23(22)32)15-7-4-10-25-11-15/h1-12,20H,13H2,(H,27,31)(H,28,32). The van der Waals surface area contributed by atoms with E-state index in [1.807, 2.05) is 42.5 Å². The molecule has 5 rings (SSSR count). The molecule has 0 spiro atoms. The number of aromatic nitrogens is 4. The number of hydrogen-bond donors (Lipinski definition) is 2. The number of fused-ring (bicyclic) bond motifs is 1. The van der Waals surface area contributed by atoms with Gasteiger partial charge in [0.05, 0.1) is 23.6 Å². The van der Waals surface area contributed by atoms with E-state index in [4.69, 9.17) is 11.6 Å². The van der Waals surface area contributed by atoms with Crippen molar-refractivity contribution in [3.8, 4) is 11.3 Å². The highest BCUT2D eigenvalue weighted by atomic mass is 35.5. The third kappa shape index (κ3) is 3.72. The maximum absolute atomic E-state index is 12.9. The summed E-state index contributed by atoms with van der Waals surface area (Å²) in [5, 5.41) is 10.7. The van der Waals surface area contributed by atoms with Crippen molar-refractivity contribution >= 4 is 29.1 Å². The molecule has 1 aromatic carbocycles. The maximum Gasteiger partial charge on any atom is 0.270 e. The van der Waals surface area contributed by atoms with Gasteiger partial charge in [-0.1, -0.05) is 48.0 Å². The summed E-state index contributed by atoms with van der Waals surface area (Å²) in [5.74, 6) is -0.624. The average molecular weight is 445 g/mol. The van der Waals surface area contributed by atoms with Crippen LogP contribution in [0.5, 0.6) is 0 Å². The summed E-state index contributed by atoms with van der Waals surface area (Å²) in [6.07, 6.45) is 4.86. The molecule has 2 N–H and O–H groups in total. The third-order valence-corrected chi connectivity index (χ3v) is 5.36. The summed E-state index contributed by atoms with van der Waals surface area (Å²) in [7, 11) is 0. The molecule has 1 atom stereocenters. The molecule has 3 aromatic heterocycles. The molecule has 0 radical (unpaired) electrons. The first kappa shape index (κ1) is 19.9. The fourth-order valence-corrected chi connectivity index (χ4v) is 3.88. The number of hydrogen-bond acceptors (Lipinski definition) is 5. The Morgan fingerprint density at radius 2 is 1.94 bits per heavy atom. The maximum atomic E-state index is 12.9. The molecule has 8 nitrogen and oxygen atoms in total. The smallest absolute Gasteiger partial charge is 0.270 e.